The molecule has 3 nitrogen and oxygen atoms in total. The van der Waals surface area contributed by atoms with Crippen molar-refractivity contribution in [3.63, 3.8) is 0 Å². The number of aromatic nitrogens is 1. The van der Waals surface area contributed by atoms with Crippen LogP contribution in [0, 0.1) is 19.3 Å². The molecule has 0 aliphatic carbocycles. The summed E-state index contributed by atoms with van der Waals surface area (Å²) in [6.45, 7) is 16.9. The number of aryl methyl sites for hydroxylation is 3. The molecule has 3 rings (SSSR count). The summed E-state index contributed by atoms with van der Waals surface area (Å²) in [4.78, 5) is 17.1. The van der Waals surface area contributed by atoms with E-state index in [4.69, 9.17) is 9.72 Å². The number of Topliss-reactive ketones (excluding diaryl/α,β-unsaturated/α-hetero) is 1. The minimum Gasteiger partial charge on any atom is -0.486 e. The Balaban J connectivity index is 1.91. The van der Waals surface area contributed by atoms with Crippen molar-refractivity contribution in [2.45, 2.75) is 86.5 Å². The summed E-state index contributed by atoms with van der Waals surface area (Å²) < 4.78 is 5.92. The molecule has 0 aliphatic heterocycles. The second kappa shape index (κ2) is 11.4. The van der Waals surface area contributed by atoms with E-state index in [1.54, 1.807) is 0 Å². The zero-order chi connectivity index (χ0) is 26.5. The van der Waals surface area contributed by atoms with E-state index in [2.05, 4.69) is 77.1 Å². The van der Waals surface area contributed by atoms with Gasteiger partial charge in [-0.05, 0) is 73.1 Å². The smallest absolute Gasteiger partial charge is 0.175 e. The molecule has 0 N–H and O–H groups in total. The maximum Gasteiger partial charge on any atom is 0.175 e. The lowest BCUT2D eigenvalue weighted by molar-refractivity contribution is -0.128. The van der Waals surface area contributed by atoms with E-state index in [0.29, 0.717) is 0 Å². The summed E-state index contributed by atoms with van der Waals surface area (Å²) >= 11 is 0. The third-order valence-electron chi connectivity index (χ3n) is 7.55. The van der Waals surface area contributed by atoms with E-state index < -0.39 is 5.41 Å². The van der Waals surface area contributed by atoms with Crippen molar-refractivity contribution in [3.8, 4) is 17.0 Å². The summed E-state index contributed by atoms with van der Waals surface area (Å²) in [5, 5.41) is 0. The molecule has 0 bridgehead atoms. The van der Waals surface area contributed by atoms with E-state index in [-0.39, 0.29) is 17.8 Å². The molecular formula is C33H43NO2. The molecule has 2 aromatic carbocycles. The molecule has 0 amide bonds. The highest BCUT2D eigenvalue weighted by atomic mass is 16.5. The van der Waals surface area contributed by atoms with Crippen LogP contribution in [-0.4, -0.2) is 17.4 Å². The topological polar surface area (TPSA) is 39.2 Å². The molecule has 3 aromatic rings. The van der Waals surface area contributed by atoms with Crippen LogP contribution < -0.4 is 4.74 Å². The van der Waals surface area contributed by atoms with Crippen LogP contribution in [0.25, 0.3) is 11.3 Å². The number of ketones is 1. The Morgan fingerprint density at radius 2 is 1.50 bits per heavy atom. The van der Waals surface area contributed by atoms with E-state index in [9.17, 15) is 4.79 Å². The third-order valence-corrected chi connectivity index (χ3v) is 7.55. The number of pyridine rings is 1. The molecule has 0 spiro atoms. The minimum atomic E-state index is -0.398. The normalized spacial score (nSPS) is 12.0. The third kappa shape index (κ3) is 5.88. The van der Waals surface area contributed by atoms with E-state index >= 15 is 0 Å². The summed E-state index contributed by atoms with van der Waals surface area (Å²) in [6, 6.07) is 17.6. The van der Waals surface area contributed by atoms with Gasteiger partial charge in [0.2, 0.25) is 0 Å². The van der Waals surface area contributed by atoms with Crippen LogP contribution in [0.15, 0.2) is 54.7 Å². The Kier molecular flexibility index (Phi) is 8.76. The van der Waals surface area contributed by atoms with Gasteiger partial charge < -0.3 is 4.74 Å². The number of hydrogen-bond acceptors (Lipinski definition) is 3. The molecule has 1 heterocycles. The van der Waals surface area contributed by atoms with Crippen LogP contribution in [0.5, 0.6) is 5.75 Å². The summed E-state index contributed by atoms with van der Waals surface area (Å²) in [5.74, 6) is 0.883. The highest BCUT2D eigenvalue weighted by Crippen LogP contribution is 2.41. The Morgan fingerprint density at radius 1 is 0.861 bits per heavy atom. The highest BCUT2D eigenvalue weighted by Gasteiger charge is 2.31. The maximum absolute atomic E-state index is 12.3. The Labute approximate surface area is 218 Å². The fraction of sp³-hybridized carbons (Fsp3) is 0.455. The van der Waals surface area contributed by atoms with Crippen LogP contribution in [-0.2, 0) is 16.6 Å². The Bertz CT molecular complexity index is 1180. The van der Waals surface area contributed by atoms with E-state index in [1.165, 1.54) is 27.8 Å². The second-order valence-electron chi connectivity index (χ2n) is 11.1. The molecule has 1 aromatic heterocycles. The van der Waals surface area contributed by atoms with Crippen LogP contribution >= 0.6 is 0 Å². The lowest BCUT2D eigenvalue weighted by atomic mass is 9.69. The van der Waals surface area contributed by atoms with Gasteiger partial charge in [-0.25, -0.2) is 0 Å². The van der Waals surface area contributed by atoms with Gasteiger partial charge in [0.05, 0.1) is 5.69 Å². The first-order valence-electron chi connectivity index (χ1n) is 13.4. The standard InChI is InChI=1S/C33H43NO2/c1-9-12-25-13-17-29(34-21-25)28-16-14-26(19-23(28)4)33(10-2,11-3)27-15-18-30(24(5)20-27)36-22-31(35)32(6,7)8/h13-21H,9-12,22H2,1-8H3. The monoisotopic (exact) mass is 485 g/mol. The lowest BCUT2D eigenvalue weighted by Gasteiger charge is -2.34. The van der Waals surface area contributed by atoms with Crippen molar-refractivity contribution >= 4 is 5.78 Å². The zero-order valence-electron chi connectivity index (χ0n) is 23.5. The fourth-order valence-electron chi connectivity index (χ4n) is 4.97. The predicted octanol–water partition coefficient (Wildman–Crippen LogP) is 8.42. The molecule has 0 saturated carbocycles. The molecule has 36 heavy (non-hydrogen) atoms. The molecule has 0 aliphatic rings. The average molecular weight is 486 g/mol. The van der Waals surface area contributed by atoms with Gasteiger partial charge in [-0.1, -0.05) is 84.4 Å². The maximum atomic E-state index is 12.3. The molecule has 3 heteroatoms. The molecule has 192 valence electrons. The molecule has 0 saturated heterocycles. The number of rotatable bonds is 10. The Morgan fingerprint density at radius 3 is 2.00 bits per heavy atom. The van der Waals surface area contributed by atoms with Gasteiger partial charge >= 0.3 is 0 Å². The first-order valence-corrected chi connectivity index (χ1v) is 13.4. The molecule has 0 unspecified atom stereocenters. The van der Waals surface area contributed by atoms with Gasteiger partial charge in [0.15, 0.2) is 5.78 Å². The van der Waals surface area contributed by atoms with Crippen molar-refractivity contribution in [3.05, 3.63) is 82.5 Å². The fourth-order valence-corrected chi connectivity index (χ4v) is 4.97. The van der Waals surface area contributed by atoms with Gasteiger partial charge in [-0.2, -0.15) is 0 Å². The lowest BCUT2D eigenvalue weighted by Crippen LogP contribution is -2.27. The van der Waals surface area contributed by atoms with Gasteiger partial charge in [0.25, 0.3) is 0 Å². The number of hydrogen-bond donors (Lipinski definition) is 0. The summed E-state index contributed by atoms with van der Waals surface area (Å²) in [6.07, 6.45) is 6.20. The largest absolute Gasteiger partial charge is 0.486 e. The van der Waals surface area contributed by atoms with Crippen molar-refractivity contribution in [1.29, 1.82) is 0 Å². The van der Waals surface area contributed by atoms with Crippen molar-refractivity contribution in [2.75, 3.05) is 6.61 Å². The quantitative estimate of drug-likeness (QED) is 0.289. The van der Waals surface area contributed by atoms with Gasteiger partial charge in [-0.15, -0.1) is 0 Å². The molecule has 0 atom stereocenters. The Hall–Kier alpha value is -2.94. The minimum absolute atomic E-state index is 0.0911. The van der Waals surface area contributed by atoms with Crippen LogP contribution in [0.4, 0.5) is 0 Å². The predicted molar refractivity (Wildman–Crippen MR) is 151 cm³/mol. The van der Waals surface area contributed by atoms with Gasteiger partial charge in [0.1, 0.15) is 12.4 Å². The molecule has 0 radical (unpaired) electrons. The number of benzene rings is 2. The van der Waals surface area contributed by atoms with Crippen molar-refractivity contribution in [1.82, 2.24) is 4.98 Å². The summed E-state index contributed by atoms with van der Waals surface area (Å²) in [7, 11) is 0. The molecular weight excluding hydrogens is 442 g/mol. The SMILES string of the molecule is CCCc1ccc(-c2ccc(C(CC)(CC)c3ccc(OCC(=O)C(C)(C)C)c(C)c3)cc2C)nc1. The van der Waals surface area contributed by atoms with Gasteiger partial charge in [-0.3, -0.25) is 9.78 Å². The first kappa shape index (κ1) is 27.6. The summed E-state index contributed by atoms with van der Waals surface area (Å²) in [5.41, 5.74) is 7.93. The zero-order valence-corrected chi connectivity index (χ0v) is 23.5. The number of carbonyl (C=O) groups is 1. The van der Waals surface area contributed by atoms with Crippen LogP contribution in [0.1, 0.15) is 88.6 Å². The van der Waals surface area contributed by atoms with E-state index in [1.807, 2.05) is 33.0 Å². The number of ether oxygens (including phenoxy) is 1. The first-order chi connectivity index (χ1) is 17.1. The second-order valence-corrected chi connectivity index (χ2v) is 11.1. The number of nitrogens with zero attached hydrogens (tertiary/aromatic N) is 1. The van der Waals surface area contributed by atoms with E-state index in [0.717, 1.165) is 42.7 Å². The average Bonchev–Trinajstić information content (AvgIpc) is 2.85. The van der Waals surface area contributed by atoms with Crippen molar-refractivity contribution < 1.29 is 9.53 Å². The van der Waals surface area contributed by atoms with Crippen LogP contribution in [0.3, 0.4) is 0 Å². The van der Waals surface area contributed by atoms with Crippen molar-refractivity contribution in [2.24, 2.45) is 5.41 Å². The number of carbonyl (C=O) groups excluding carboxylic acids is 1. The molecule has 0 fully saturated rings. The van der Waals surface area contributed by atoms with Crippen LogP contribution in [0.2, 0.25) is 0 Å². The van der Waals surface area contributed by atoms with Gasteiger partial charge in [0, 0.05) is 22.6 Å². The highest BCUT2D eigenvalue weighted by molar-refractivity contribution is 5.85.